The van der Waals surface area contributed by atoms with Crippen molar-refractivity contribution in [3.63, 3.8) is 0 Å². The molecule has 0 unspecified atom stereocenters. The quantitative estimate of drug-likeness (QED) is 0.719. The van der Waals surface area contributed by atoms with Gasteiger partial charge < -0.3 is 0 Å². The standard InChI is InChI=1S/C9H8Br2/c10-7-1-2-8-3-5-9(11)6-4-8/h1-6H,7H2/b2-1+. The van der Waals surface area contributed by atoms with Gasteiger partial charge in [0.05, 0.1) is 0 Å². The normalized spacial score (nSPS) is 10.7. The summed E-state index contributed by atoms with van der Waals surface area (Å²) >= 11 is 6.71. The number of allylic oxidation sites excluding steroid dienone is 1. The van der Waals surface area contributed by atoms with Gasteiger partial charge in [0.25, 0.3) is 0 Å². The van der Waals surface area contributed by atoms with Gasteiger partial charge in [0.1, 0.15) is 0 Å². The Labute approximate surface area is 83.6 Å². The Kier molecular flexibility index (Phi) is 3.87. The van der Waals surface area contributed by atoms with E-state index in [0.717, 1.165) is 9.80 Å². The molecule has 0 saturated carbocycles. The van der Waals surface area contributed by atoms with Crippen LogP contribution in [0, 0.1) is 0 Å². The zero-order valence-corrected chi connectivity index (χ0v) is 9.10. The highest BCUT2D eigenvalue weighted by Crippen LogP contribution is 2.11. The second-order valence-corrected chi connectivity index (χ2v) is 3.67. The Bertz CT molecular complexity index is 236. The fraction of sp³-hybridized carbons (Fsp3) is 0.111. The van der Waals surface area contributed by atoms with Gasteiger partial charge in [-0.2, -0.15) is 0 Å². The molecule has 0 aliphatic rings. The molecule has 0 fully saturated rings. The average Bonchev–Trinajstić information content (AvgIpc) is 2.04. The van der Waals surface area contributed by atoms with Crippen LogP contribution in [0.5, 0.6) is 0 Å². The lowest BCUT2D eigenvalue weighted by molar-refractivity contribution is 1.61. The van der Waals surface area contributed by atoms with Crippen molar-refractivity contribution in [1.29, 1.82) is 0 Å². The SMILES string of the molecule is BrC/C=C/c1ccc(Br)cc1. The summed E-state index contributed by atoms with van der Waals surface area (Å²) in [5.41, 5.74) is 1.23. The van der Waals surface area contributed by atoms with Gasteiger partial charge in [-0.1, -0.05) is 56.1 Å². The van der Waals surface area contributed by atoms with Crippen LogP contribution < -0.4 is 0 Å². The molecule has 0 N–H and O–H groups in total. The molecule has 0 bridgehead atoms. The first-order chi connectivity index (χ1) is 5.33. The Morgan fingerprint density at radius 2 is 1.82 bits per heavy atom. The second kappa shape index (κ2) is 4.73. The van der Waals surface area contributed by atoms with Crippen LogP contribution in [-0.2, 0) is 0 Å². The highest BCUT2D eigenvalue weighted by atomic mass is 79.9. The third kappa shape index (κ3) is 3.21. The summed E-state index contributed by atoms with van der Waals surface area (Å²) in [6.07, 6.45) is 4.16. The van der Waals surface area contributed by atoms with Crippen molar-refractivity contribution in [2.75, 3.05) is 5.33 Å². The van der Waals surface area contributed by atoms with Crippen molar-refractivity contribution in [2.45, 2.75) is 0 Å². The highest BCUT2D eigenvalue weighted by Gasteiger charge is 1.85. The Balaban J connectivity index is 2.73. The van der Waals surface area contributed by atoms with Gasteiger partial charge in [0.15, 0.2) is 0 Å². The first-order valence-corrected chi connectivity index (χ1v) is 5.22. The Hall–Kier alpha value is -0.0800. The van der Waals surface area contributed by atoms with Crippen molar-refractivity contribution in [1.82, 2.24) is 0 Å². The van der Waals surface area contributed by atoms with Gasteiger partial charge in [-0.3, -0.25) is 0 Å². The average molecular weight is 276 g/mol. The van der Waals surface area contributed by atoms with E-state index in [9.17, 15) is 0 Å². The molecular weight excluding hydrogens is 268 g/mol. The monoisotopic (exact) mass is 274 g/mol. The summed E-state index contributed by atoms with van der Waals surface area (Å²) in [5.74, 6) is 0. The molecule has 0 aliphatic carbocycles. The van der Waals surface area contributed by atoms with Gasteiger partial charge in [-0.25, -0.2) is 0 Å². The Morgan fingerprint density at radius 1 is 1.18 bits per heavy atom. The molecule has 11 heavy (non-hydrogen) atoms. The minimum atomic E-state index is 0.906. The molecule has 58 valence electrons. The second-order valence-electron chi connectivity index (χ2n) is 2.11. The van der Waals surface area contributed by atoms with E-state index >= 15 is 0 Å². The maximum Gasteiger partial charge on any atom is 0.0215 e. The van der Waals surface area contributed by atoms with Crippen LogP contribution in [0.4, 0.5) is 0 Å². The number of halogens is 2. The minimum absolute atomic E-state index is 0.906. The summed E-state index contributed by atoms with van der Waals surface area (Å²) in [7, 11) is 0. The molecular formula is C9H8Br2. The van der Waals surface area contributed by atoms with Gasteiger partial charge in [-0.15, -0.1) is 0 Å². The first-order valence-electron chi connectivity index (χ1n) is 3.31. The topological polar surface area (TPSA) is 0 Å². The Morgan fingerprint density at radius 3 is 2.36 bits per heavy atom. The van der Waals surface area contributed by atoms with E-state index < -0.39 is 0 Å². The molecule has 0 aromatic heterocycles. The third-order valence-electron chi connectivity index (χ3n) is 1.27. The number of hydrogen-bond acceptors (Lipinski definition) is 0. The summed E-state index contributed by atoms with van der Waals surface area (Å²) in [6.45, 7) is 0. The molecule has 0 amide bonds. The van der Waals surface area contributed by atoms with E-state index in [1.54, 1.807) is 0 Å². The van der Waals surface area contributed by atoms with E-state index in [0.29, 0.717) is 0 Å². The molecule has 1 aromatic rings. The highest BCUT2D eigenvalue weighted by molar-refractivity contribution is 9.10. The van der Waals surface area contributed by atoms with Crippen molar-refractivity contribution < 1.29 is 0 Å². The van der Waals surface area contributed by atoms with Crippen LogP contribution in [0.3, 0.4) is 0 Å². The molecule has 0 radical (unpaired) electrons. The lowest BCUT2D eigenvalue weighted by Crippen LogP contribution is -1.70. The summed E-state index contributed by atoms with van der Waals surface area (Å²) in [5, 5.41) is 0.906. The lowest BCUT2D eigenvalue weighted by Gasteiger charge is -1.91. The number of alkyl halides is 1. The van der Waals surface area contributed by atoms with Crippen molar-refractivity contribution in [3.05, 3.63) is 40.4 Å². The number of benzene rings is 1. The van der Waals surface area contributed by atoms with Crippen LogP contribution in [0.15, 0.2) is 34.8 Å². The maximum atomic E-state index is 3.38. The molecule has 0 spiro atoms. The smallest absolute Gasteiger partial charge is 0.0215 e. The van der Waals surface area contributed by atoms with Crippen molar-refractivity contribution in [3.8, 4) is 0 Å². The molecule has 0 heterocycles. The molecule has 0 aliphatic heterocycles. The van der Waals surface area contributed by atoms with E-state index in [4.69, 9.17) is 0 Å². The van der Waals surface area contributed by atoms with Gasteiger partial charge in [-0.05, 0) is 17.7 Å². The van der Waals surface area contributed by atoms with Crippen LogP contribution >= 0.6 is 31.9 Å². The largest absolute Gasteiger partial charge is 0.0883 e. The van der Waals surface area contributed by atoms with Gasteiger partial charge in [0, 0.05) is 9.80 Å². The fourth-order valence-electron chi connectivity index (χ4n) is 0.755. The summed E-state index contributed by atoms with van der Waals surface area (Å²) in [6, 6.07) is 8.22. The maximum absolute atomic E-state index is 3.38. The minimum Gasteiger partial charge on any atom is -0.0883 e. The molecule has 2 heteroatoms. The van der Waals surface area contributed by atoms with Crippen LogP contribution in [0.25, 0.3) is 6.08 Å². The fourth-order valence-corrected chi connectivity index (χ4v) is 1.21. The van der Waals surface area contributed by atoms with E-state index in [1.807, 2.05) is 12.1 Å². The molecule has 0 saturated heterocycles. The molecule has 1 aromatic carbocycles. The van der Waals surface area contributed by atoms with E-state index in [2.05, 4.69) is 56.1 Å². The zero-order valence-electron chi connectivity index (χ0n) is 5.93. The van der Waals surface area contributed by atoms with Crippen LogP contribution in [0.1, 0.15) is 5.56 Å². The third-order valence-corrected chi connectivity index (χ3v) is 2.17. The predicted octanol–water partition coefficient (Wildman–Crippen LogP) is 3.86. The molecule has 1 rings (SSSR count). The van der Waals surface area contributed by atoms with Crippen molar-refractivity contribution >= 4 is 37.9 Å². The first kappa shape index (κ1) is 9.01. The number of hydrogen-bond donors (Lipinski definition) is 0. The van der Waals surface area contributed by atoms with Gasteiger partial charge in [0.2, 0.25) is 0 Å². The molecule has 0 atom stereocenters. The van der Waals surface area contributed by atoms with Crippen molar-refractivity contribution in [2.24, 2.45) is 0 Å². The molecule has 0 nitrogen and oxygen atoms in total. The number of rotatable bonds is 2. The zero-order chi connectivity index (χ0) is 8.10. The van der Waals surface area contributed by atoms with E-state index in [-0.39, 0.29) is 0 Å². The summed E-state index contributed by atoms with van der Waals surface area (Å²) < 4.78 is 1.12. The van der Waals surface area contributed by atoms with Crippen LogP contribution in [-0.4, -0.2) is 5.33 Å². The van der Waals surface area contributed by atoms with Gasteiger partial charge >= 0.3 is 0 Å². The van der Waals surface area contributed by atoms with E-state index in [1.165, 1.54) is 5.56 Å². The predicted molar refractivity (Wildman–Crippen MR) is 57.0 cm³/mol. The van der Waals surface area contributed by atoms with Crippen LogP contribution in [0.2, 0.25) is 0 Å². The lowest BCUT2D eigenvalue weighted by atomic mass is 10.2. The summed E-state index contributed by atoms with van der Waals surface area (Å²) in [4.78, 5) is 0.